The molecule has 1 heterocycles. The molecule has 6 nitrogen and oxygen atoms in total. The Bertz CT molecular complexity index is 499. The Morgan fingerprint density at radius 3 is 2.58 bits per heavy atom. The molecule has 0 spiro atoms. The van der Waals surface area contributed by atoms with E-state index in [1.165, 1.54) is 15.6 Å². The number of hydrogen-bond acceptors (Lipinski definition) is 5. The summed E-state index contributed by atoms with van der Waals surface area (Å²) in [7, 11) is -1.98. The largest absolute Gasteiger partial charge is 0.309 e. The van der Waals surface area contributed by atoms with Gasteiger partial charge in [-0.3, -0.25) is 0 Å². The summed E-state index contributed by atoms with van der Waals surface area (Å²) in [5, 5.41) is 5.49. The number of aromatic nitrogens is 1. The van der Waals surface area contributed by atoms with Crippen LogP contribution in [0.5, 0.6) is 0 Å². The molecule has 0 bridgehead atoms. The van der Waals surface area contributed by atoms with Crippen molar-refractivity contribution in [2.24, 2.45) is 0 Å². The molecule has 1 atom stereocenters. The normalized spacial score (nSPS) is 14.1. The van der Waals surface area contributed by atoms with Crippen LogP contribution in [-0.2, 0) is 10.2 Å². The Morgan fingerprint density at radius 2 is 2.05 bits per heavy atom. The first kappa shape index (κ1) is 16.4. The number of thiazole rings is 1. The third-order valence-electron chi connectivity index (χ3n) is 2.80. The van der Waals surface area contributed by atoms with Gasteiger partial charge in [0.25, 0.3) is 0 Å². The zero-order valence-corrected chi connectivity index (χ0v) is 13.6. The molecule has 0 fully saturated rings. The first-order chi connectivity index (χ1) is 8.77. The molecule has 0 saturated carbocycles. The van der Waals surface area contributed by atoms with Crippen LogP contribution in [0, 0.1) is 0 Å². The molecular weight excluding hydrogens is 284 g/mol. The number of rotatable bonds is 7. The summed E-state index contributed by atoms with van der Waals surface area (Å²) in [4.78, 5) is 4.29. The van der Waals surface area contributed by atoms with Crippen LogP contribution in [-0.4, -0.2) is 37.3 Å². The highest BCUT2D eigenvalue weighted by atomic mass is 32.2. The smallest absolute Gasteiger partial charge is 0.303 e. The molecule has 19 heavy (non-hydrogen) atoms. The topological polar surface area (TPSA) is 74.3 Å². The van der Waals surface area contributed by atoms with Crippen molar-refractivity contribution in [2.75, 3.05) is 18.3 Å². The zero-order valence-electron chi connectivity index (χ0n) is 12.0. The summed E-state index contributed by atoms with van der Waals surface area (Å²) in [6.45, 7) is 8.50. The number of hydrogen-bond donors (Lipinski definition) is 2. The SMILES string of the molecule is CCNC(C)c1csc(NS(=O)(=O)N(C)C(C)C)n1. The number of nitrogens with one attached hydrogen (secondary N) is 2. The number of anilines is 1. The van der Waals surface area contributed by atoms with E-state index >= 15 is 0 Å². The molecule has 1 aromatic heterocycles. The molecule has 0 radical (unpaired) electrons. The van der Waals surface area contributed by atoms with Gasteiger partial charge in [0.1, 0.15) is 0 Å². The van der Waals surface area contributed by atoms with Gasteiger partial charge in [0, 0.05) is 24.5 Å². The summed E-state index contributed by atoms with van der Waals surface area (Å²) >= 11 is 1.29. The molecule has 0 aliphatic rings. The predicted molar refractivity (Wildman–Crippen MR) is 79.6 cm³/mol. The molecule has 110 valence electrons. The molecule has 0 amide bonds. The Kier molecular flexibility index (Phi) is 5.72. The van der Waals surface area contributed by atoms with Crippen molar-refractivity contribution >= 4 is 26.7 Å². The summed E-state index contributed by atoms with van der Waals surface area (Å²) in [6.07, 6.45) is 0. The fraction of sp³-hybridized carbons (Fsp3) is 0.727. The molecule has 8 heteroatoms. The maximum atomic E-state index is 12.0. The van der Waals surface area contributed by atoms with E-state index < -0.39 is 10.2 Å². The fourth-order valence-corrected chi connectivity index (χ4v) is 3.52. The zero-order chi connectivity index (χ0) is 14.6. The van der Waals surface area contributed by atoms with Gasteiger partial charge in [-0.15, -0.1) is 11.3 Å². The molecule has 0 aromatic carbocycles. The van der Waals surface area contributed by atoms with Gasteiger partial charge in [0.2, 0.25) is 0 Å². The van der Waals surface area contributed by atoms with E-state index in [9.17, 15) is 8.42 Å². The summed E-state index contributed by atoms with van der Waals surface area (Å²) < 4.78 is 27.8. The summed E-state index contributed by atoms with van der Waals surface area (Å²) in [5.74, 6) is 0. The lowest BCUT2D eigenvalue weighted by molar-refractivity contribution is 0.414. The Hall–Kier alpha value is -0.700. The van der Waals surface area contributed by atoms with Crippen LogP contribution in [0.2, 0.25) is 0 Å². The third kappa shape index (κ3) is 4.41. The lowest BCUT2D eigenvalue weighted by atomic mass is 10.3. The third-order valence-corrected chi connectivity index (χ3v) is 5.33. The van der Waals surface area contributed by atoms with E-state index in [-0.39, 0.29) is 12.1 Å². The van der Waals surface area contributed by atoms with Crippen molar-refractivity contribution in [3.8, 4) is 0 Å². The lowest BCUT2D eigenvalue weighted by Gasteiger charge is -2.20. The van der Waals surface area contributed by atoms with E-state index in [2.05, 4.69) is 15.0 Å². The average Bonchev–Trinajstić information content (AvgIpc) is 2.76. The van der Waals surface area contributed by atoms with Crippen molar-refractivity contribution in [3.05, 3.63) is 11.1 Å². The van der Waals surface area contributed by atoms with Gasteiger partial charge in [-0.25, -0.2) is 9.71 Å². The molecule has 1 rings (SSSR count). The quantitative estimate of drug-likeness (QED) is 0.805. The van der Waals surface area contributed by atoms with Crippen LogP contribution >= 0.6 is 11.3 Å². The molecule has 0 aliphatic carbocycles. The molecule has 1 aromatic rings. The van der Waals surface area contributed by atoms with E-state index in [1.807, 2.05) is 33.1 Å². The molecule has 2 N–H and O–H groups in total. The first-order valence-electron chi connectivity index (χ1n) is 6.22. The second-order valence-corrected chi connectivity index (χ2v) is 7.16. The molecule has 1 unspecified atom stereocenters. The Balaban J connectivity index is 2.79. The van der Waals surface area contributed by atoms with Crippen molar-refractivity contribution in [2.45, 2.75) is 39.8 Å². The second-order valence-electron chi connectivity index (χ2n) is 4.57. The van der Waals surface area contributed by atoms with Crippen molar-refractivity contribution in [3.63, 3.8) is 0 Å². The van der Waals surface area contributed by atoms with Crippen LogP contribution in [0.15, 0.2) is 5.38 Å². The van der Waals surface area contributed by atoms with E-state index in [0.29, 0.717) is 5.13 Å². The molecule has 0 saturated heterocycles. The van der Waals surface area contributed by atoms with Crippen LogP contribution in [0.1, 0.15) is 39.4 Å². The predicted octanol–water partition coefficient (Wildman–Crippen LogP) is 1.81. The summed E-state index contributed by atoms with van der Waals surface area (Å²) in [6, 6.07) is 0.0138. The highest BCUT2D eigenvalue weighted by Crippen LogP contribution is 2.22. The minimum Gasteiger partial charge on any atom is -0.309 e. The van der Waals surface area contributed by atoms with Gasteiger partial charge in [-0.2, -0.15) is 12.7 Å². The van der Waals surface area contributed by atoms with Crippen molar-refractivity contribution in [1.82, 2.24) is 14.6 Å². The average molecular weight is 306 g/mol. The lowest BCUT2D eigenvalue weighted by Crippen LogP contribution is -2.37. The molecular formula is C11H22N4O2S2. The Labute approximate surface area is 119 Å². The van der Waals surface area contributed by atoms with Crippen molar-refractivity contribution in [1.29, 1.82) is 0 Å². The fourth-order valence-electron chi connectivity index (χ4n) is 1.40. The van der Waals surface area contributed by atoms with Crippen LogP contribution < -0.4 is 10.0 Å². The summed E-state index contributed by atoms with van der Waals surface area (Å²) in [5.41, 5.74) is 0.844. The maximum Gasteiger partial charge on any atom is 0.303 e. The van der Waals surface area contributed by atoms with Gasteiger partial charge in [0.15, 0.2) is 5.13 Å². The van der Waals surface area contributed by atoms with Gasteiger partial charge in [0.05, 0.1) is 5.69 Å². The standard InChI is InChI=1S/C11H22N4O2S2/c1-6-12-9(4)10-7-18-11(13-10)14-19(16,17)15(5)8(2)3/h7-9,12H,6H2,1-5H3,(H,13,14). The minimum atomic E-state index is -3.53. The van der Waals surface area contributed by atoms with Crippen molar-refractivity contribution < 1.29 is 8.42 Å². The monoisotopic (exact) mass is 306 g/mol. The highest BCUT2D eigenvalue weighted by molar-refractivity contribution is 7.90. The van der Waals surface area contributed by atoms with Gasteiger partial charge < -0.3 is 5.32 Å². The highest BCUT2D eigenvalue weighted by Gasteiger charge is 2.22. The first-order valence-corrected chi connectivity index (χ1v) is 8.54. The van der Waals surface area contributed by atoms with Gasteiger partial charge in [-0.05, 0) is 27.3 Å². The minimum absolute atomic E-state index is 0.0994. The maximum absolute atomic E-state index is 12.0. The van der Waals surface area contributed by atoms with Crippen LogP contribution in [0.4, 0.5) is 5.13 Å². The van der Waals surface area contributed by atoms with Gasteiger partial charge in [-0.1, -0.05) is 6.92 Å². The van der Waals surface area contributed by atoms with Crippen LogP contribution in [0.25, 0.3) is 0 Å². The second kappa shape index (κ2) is 6.65. The Morgan fingerprint density at radius 1 is 1.42 bits per heavy atom. The van der Waals surface area contributed by atoms with Crippen LogP contribution in [0.3, 0.4) is 0 Å². The van der Waals surface area contributed by atoms with E-state index in [4.69, 9.17) is 0 Å². The van der Waals surface area contributed by atoms with E-state index in [0.717, 1.165) is 12.2 Å². The number of nitrogens with zero attached hydrogens (tertiary/aromatic N) is 2. The van der Waals surface area contributed by atoms with Gasteiger partial charge >= 0.3 is 10.2 Å². The molecule has 0 aliphatic heterocycles. The van der Waals surface area contributed by atoms with E-state index in [1.54, 1.807) is 7.05 Å².